The van der Waals surface area contributed by atoms with Crippen molar-refractivity contribution < 1.29 is 9.47 Å². The average Bonchev–Trinajstić information content (AvgIpc) is 3.39. The van der Waals surface area contributed by atoms with E-state index < -0.39 is 0 Å². The third kappa shape index (κ3) is 4.80. The number of methoxy groups -OCH3 is 2. The molecule has 4 aromatic carbocycles. The van der Waals surface area contributed by atoms with E-state index in [0.29, 0.717) is 6.04 Å². The topological polar surface area (TPSA) is 59.5 Å². The predicted octanol–water partition coefficient (Wildman–Crippen LogP) is 6.15. The number of benzene rings is 4. The lowest BCUT2D eigenvalue weighted by Crippen LogP contribution is -2.26. The number of rotatable bonds is 7. The minimum Gasteiger partial charge on any atom is -0.497 e. The SMILES string of the molecule is COc1ccc(-c2nnc(N[C@@H]3CCN(Cc4ccc5ccccc5c4)C3)c3cc(OC)ccc23)cc1. The van der Waals surface area contributed by atoms with Crippen molar-refractivity contribution in [3.8, 4) is 22.8 Å². The maximum absolute atomic E-state index is 5.54. The van der Waals surface area contributed by atoms with Crippen LogP contribution in [0.25, 0.3) is 32.8 Å². The van der Waals surface area contributed by atoms with E-state index in [9.17, 15) is 0 Å². The zero-order chi connectivity index (χ0) is 25.2. The van der Waals surface area contributed by atoms with E-state index in [-0.39, 0.29) is 0 Å². The molecule has 0 saturated carbocycles. The molecule has 1 aromatic heterocycles. The van der Waals surface area contributed by atoms with Gasteiger partial charge in [-0.3, -0.25) is 4.90 Å². The molecule has 0 spiro atoms. The number of ether oxygens (including phenoxy) is 2. The predicted molar refractivity (Wildman–Crippen MR) is 149 cm³/mol. The molecule has 2 heterocycles. The van der Waals surface area contributed by atoms with E-state index in [1.165, 1.54) is 16.3 Å². The molecule has 0 amide bonds. The van der Waals surface area contributed by atoms with Gasteiger partial charge in [-0.25, -0.2) is 0 Å². The first-order valence-electron chi connectivity index (χ1n) is 12.7. The Hall–Kier alpha value is -4.16. The van der Waals surface area contributed by atoms with Crippen molar-refractivity contribution in [3.05, 3.63) is 90.5 Å². The van der Waals surface area contributed by atoms with Crippen LogP contribution < -0.4 is 14.8 Å². The molecule has 5 aromatic rings. The van der Waals surface area contributed by atoms with Gasteiger partial charge in [-0.15, -0.1) is 10.2 Å². The fraction of sp³-hybridized carbons (Fsp3) is 0.226. The van der Waals surface area contributed by atoms with Gasteiger partial charge in [0.15, 0.2) is 5.82 Å². The molecule has 37 heavy (non-hydrogen) atoms. The maximum atomic E-state index is 5.54. The molecule has 1 aliphatic rings. The highest BCUT2D eigenvalue weighted by Gasteiger charge is 2.24. The summed E-state index contributed by atoms with van der Waals surface area (Å²) in [6.45, 7) is 2.95. The number of anilines is 1. The summed E-state index contributed by atoms with van der Waals surface area (Å²) in [5, 5.41) is 17.6. The summed E-state index contributed by atoms with van der Waals surface area (Å²) in [7, 11) is 3.36. The summed E-state index contributed by atoms with van der Waals surface area (Å²) >= 11 is 0. The highest BCUT2D eigenvalue weighted by molar-refractivity contribution is 6.00. The largest absolute Gasteiger partial charge is 0.497 e. The quantitative estimate of drug-likeness (QED) is 0.295. The van der Waals surface area contributed by atoms with Crippen LogP contribution in [0.15, 0.2) is 84.9 Å². The van der Waals surface area contributed by atoms with Gasteiger partial charge in [-0.1, -0.05) is 36.4 Å². The average molecular weight is 491 g/mol. The van der Waals surface area contributed by atoms with E-state index in [2.05, 4.69) is 68.9 Å². The molecular weight excluding hydrogens is 460 g/mol. The minimum absolute atomic E-state index is 0.302. The number of aromatic nitrogens is 2. The second-order valence-electron chi connectivity index (χ2n) is 9.58. The molecule has 0 radical (unpaired) electrons. The summed E-state index contributed by atoms with van der Waals surface area (Å²) in [4.78, 5) is 2.50. The van der Waals surface area contributed by atoms with Crippen LogP contribution in [0, 0.1) is 0 Å². The fourth-order valence-corrected chi connectivity index (χ4v) is 5.21. The fourth-order valence-electron chi connectivity index (χ4n) is 5.21. The second kappa shape index (κ2) is 10.1. The molecule has 1 N–H and O–H groups in total. The van der Waals surface area contributed by atoms with Gasteiger partial charge in [-0.2, -0.15) is 0 Å². The number of fused-ring (bicyclic) bond motifs is 2. The molecule has 1 atom stereocenters. The van der Waals surface area contributed by atoms with E-state index in [1.807, 2.05) is 36.4 Å². The molecule has 0 aliphatic carbocycles. The van der Waals surface area contributed by atoms with E-state index in [4.69, 9.17) is 9.47 Å². The van der Waals surface area contributed by atoms with Crippen molar-refractivity contribution in [2.45, 2.75) is 19.0 Å². The molecule has 0 unspecified atom stereocenters. The summed E-state index contributed by atoms with van der Waals surface area (Å²) in [5.74, 6) is 2.41. The Morgan fingerprint density at radius 1 is 0.811 bits per heavy atom. The van der Waals surface area contributed by atoms with Crippen molar-refractivity contribution in [3.63, 3.8) is 0 Å². The lowest BCUT2D eigenvalue weighted by molar-refractivity contribution is 0.329. The molecule has 6 nitrogen and oxygen atoms in total. The third-order valence-electron chi connectivity index (χ3n) is 7.18. The van der Waals surface area contributed by atoms with Crippen LogP contribution in [0.2, 0.25) is 0 Å². The third-order valence-corrected chi connectivity index (χ3v) is 7.18. The Balaban J connectivity index is 1.23. The summed E-state index contributed by atoms with van der Waals surface area (Å²) in [6.07, 6.45) is 1.06. The number of hydrogen-bond acceptors (Lipinski definition) is 6. The van der Waals surface area contributed by atoms with Gasteiger partial charge in [0.05, 0.1) is 14.2 Å². The smallest absolute Gasteiger partial charge is 0.157 e. The summed E-state index contributed by atoms with van der Waals surface area (Å²) < 4.78 is 10.9. The van der Waals surface area contributed by atoms with Crippen LogP contribution in [0.4, 0.5) is 5.82 Å². The van der Waals surface area contributed by atoms with E-state index in [1.54, 1.807) is 14.2 Å². The first-order valence-corrected chi connectivity index (χ1v) is 12.7. The molecule has 186 valence electrons. The monoisotopic (exact) mass is 490 g/mol. The van der Waals surface area contributed by atoms with Crippen molar-refractivity contribution in [1.29, 1.82) is 0 Å². The van der Waals surface area contributed by atoms with Gasteiger partial charge >= 0.3 is 0 Å². The Labute approximate surface area is 216 Å². The number of hydrogen-bond donors (Lipinski definition) is 1. The van der Waals surface area contributed by atoms with Crippen LogP contribution in [-0.4, -0.2) is 48.4 Å². The number of nitrogens with one attached hydrogen (secondary N) is 1. The molecular formula is C31H30N4O2. The molecule has 0 bridgehead atoms. The molecule has 1 fully saturated rings. The lowest BCUT2D eigenvalue weighted by atomic mass is 10.0. The van der Waals surface area contributed by atoms with Crippen LogP contribution in [-0.2, 0) is 6.54 Å². The second-order valence-corrected chi connectivity index (χ2v) is 9.58. The first kappa shape index (κ1) is 23.3. The lowest BCUT2D eigenvalue weighted by Gasteiger charge is -2.18. The number of likely N-dealkylation sites (tertiary alicyclic amines) is 1. The van der Waals surface area contributed by atoms with Crippen LogP contribution >= 0.6 is 0 Å². The van der Waals surface area contributed by atoms with Gasteiger partial charge in [-0.05, 0) is 71.3 Å². The molecule has 1 aliphatic heterocycles. The standard InChI is InChI=1S/C31H30N4O2/c1-36-26-11-9-23(10-12-26)30-28-14-13-27(37-2)18-29(28)31(34-33-30)32-25-15-16-35(20-25)19-21-7-8-22-5-3-4-6-24(22)17-21/h3-14,17-18,25H,15-16,19-20H2,1-2H3,(H,32,34)/t25-/m1/s1. The zero-order valence-electron chi connectivity index (χ0n) is 21.1. The Kier molecular flexibility index (Phi) is 6.33. The molecule has 1 saturated heterocycles. The maximum Gasteiger partial charge on any atom is 0.157 e. The van der Waals surface area contributed by atoms with Crippen molar-refractivity contribution in [2.24, 2.45) is 0 Å². The first-order chi connectivity index (χ1) is 18.2. The van der Waals surface area contributed by atoms with Crippen molar-refractivity contribution in [2.75, 3.05) is 32.6 Å². The zero-order valence-corrected chi connectivity index (χ0v) is 21.1. The number of nitrogens with zero attached hydrogens (tertiary/aromatic N) is 3. The Morgan fingerprint density at radius 3 is 2.41 bits per heavy atom. The Bertz CT molecular complexity index is 1550. The minimum atomic E-state index is 0.302. The molecule has 6 rings (SSSR count). The van der Waals surface area contributed by atoms with Gasteiger partial charge in [0.25, 0.3) is 0 Å². The normalized spacial score (nSPS) is 15.8. The van der Waals surface area contributed by atoms with Gasteiger partial charge < -0.3 is 14.8 Å². The molecule has 6 heteroatoms. The van der Waals surface area contributed by atoms with Crippen LogP contribution in [0.5, 0.6) is 11.5 Å². The highest BCUT2D eigenvalue weighted by atomic mass is 16.5. The summed E-state index contributed by atoms with van der Waals surface area (Å²) in [6, 6.07) is 29.6. The highest BCUT2D eigenvalue weighted by Crippen LogP contribution is 2.34. The van der Waals surface area contributed by atoms with Gasteiger partial charge in [0.2, 0.25) is 0 Å². The van der Waals surface area contributed by atoms with Crippen LogP contribution in [0.1, 0.15) is 12.0 Å². The van der Waals surface area contributed by atoms with Gasteiger partial charge in [0.1, 0.15) is 17.2 Å². The van der Waals surface area contributed by atoms with Crippen LogP contribution in [0.3, 0.4) is 0 Å². The Morgan fingerprint density at radius 2 is 1.59 bits per heavy atom. The van der Waals surface area contributed by atoms with Crippen molar-refractivity contribution in [1.82, 2.24) is 15.1 Å². The van der Waals surface area contributed by atoms with Gasteiger partial charge in [0, 0.05) is 42.0 Å². The van der Waals surface area contributed by atoms with Crippen molar-refractivity contribution >= 4 is 27.4 Å². The van der Waals surface area contributed by atoms with E-state index in [0.717, 1.165) is 65.4 Å². The van der Waals surface area contributed by atoms with E-state index >= 15 is 0 Å². The summed E-state index contributed by atoms with van der Waals surface area (Å²) in [5.41, 5.74) is 3.19.